The van der Waals surface area contributed by atoms with Crippen molar-refractivity contribution in [3.8, 4) is 0 Å². The first kappa shape index (κ1) is 10.5. The molecule has 0 aromatic heterocycles. The summed E-state index contributed by atoms with van der Waals surface area (Å²) in [6.45, 7) is 4.01. The Morgan fingerprint density at radius 3 is 2.71 bits per heavy atom. The molecule has 2 unspecified atom stereocenters. The second-order valence-electron chi connectivity index (χ2n) is 4.97. The van der Waals surface area contributed by atoms with Crippen molar-refractivity contribution >= 4 is 11.4 Å². The van der Waals surface area contributed by atoms with Crippen molar-refractivity contribution in [2.24, 2.45) is 11.8 Å². The number of nitro benzene ring substituents is 1. The van der Waals surface area contributed by atoms with Crippen LogP contribution in [-0.4, -0.2) is 24.1 Å². The van der Waals surface area contributed by atoms with E-state index in [0.717, 1.165) is 24.3 Å². The van der Waals surface area contributed by atoms with Crippen LogP contribution in [-0.2, 0) is 0 Å². The maximum atomic E-state index is 10.8. The van der Waals surface area contributed by atoms with Crippen molar-refractivity contribution in [3.63, 3.8) is 0 Å². The standard InChI is InChI=1S/C12H15N3O2/c1-7-2-8(4-9(3-7)15(16)17)14-12-10-5-13-6-11(10)12/h2-4,10-14H,5-6H2,1H3. The van der Waals surface area contributed by atoms with Crippen molar-refractivity contribution in [1.29, 1.82) is 0 Å². The number of hydrogen-bond donors (Lipinski definition) is 2. The zero-order valence-corrected chi connectivity index (χ0v) is 9.64. The van der Waals surface area contributed by atoms with Crippen LogP contribution >= 0.6 is 0 Å². The number of fused-ring (bicyclic) bond motifs is 1. The van der Waals surface area contributed by atoms with Gasteiger partial charge in [0, 0.05) is 37.0 Å². The number of rotatable bonds is 3. The molecule has 5 nitrogen and oxygen atoms in total. The van der Waals surface area contributed by atoms with Gasteiger partial charge in [0.2, 0.25) is 0 Å². The number of non-ortho nitro benzene ring substituents is 1. The van der Waals surface area contributed by atoms with E-state index in [-0.39, 0.29) is 10.6 Å². The van der Waals surface area contributed by atoms with Gasteiger partial charge in [0.25, 0.3) is 5.69 Å². The first-order valence-electron chi connectivity index (χ1n) is 5.88. The lowest BCUT2D eigenvalue weighted by atomic mass is 10.2. The van der Waals surface area contributed by atoms with Gasteiger partial charge in [0.05, 0.1) is 4.92 Å². The first-order chi connectivity index (χ1) is 8.15. The Morgan fingerprint density at radius 2 is 2.06 bits per heavy atom. The highest BCUT2D eigenvalue weighted by Crippen LogP contribution is 2.44. The number of aryl methyl sites for hydroxylation is 1. The van der Waals surface area contributed by atoms with E-state index in [1.54, 1.807) is 12.1 Å². The van der Waals surface area contributed by atoms with Gasteiger partial charge < -0.3 is 10.6 Å². The van der Waals surface area contributed by atoms with Gasteiger partial charge in [-0.05, 0) is 30.4 Å². The topological polar surface area (TPSA) is 67.2 Å². The van der Waals surface area contributed by atoms with Crippen LogP contribution in [0, 0.1) is 28.9 Å². The van der Waals surface area contributed by atoms with Gasteiger partial charge in [-0.15, -0.1) is 0 Å². The average Bonchev–Trinajstić information content (AvgIpc) is 2.74. The molecule has 0 amide bonds. The summed E-state index contributed by atoms with van der Waals surface area (Å²) in [6, 6.07) is 5.68. The minimum Gasteiger partial charge on any atom is -0.381 e. The summed E-state index contributed by atoms with van der Waals surface area (Å²) in [7, 11) is 0. The highest BCUT2D eigenvalue weighted by atomic mass is 16.6. The molecule has 3 rings (SSSR count). The number of benzene rings is 1. The van der Waals surface area contributed by atoms with Gasteiger partial charge in [-0.2, -0.15) is 0 Å². The number of nitrogens with one attached hydrogen (secondary N) is 2. The van der Waals surface area contributed by atoms with E-state index < -0.39 is 0 Å². The number of nitro groups is 1. The van der Waals surface area contributed by atoms with Crippen molar-refractivity contribution in [3.05, 3.63) is 33.9 Å². The SMILES string of the molecule is Cc1cc(NC2C3CNCC32)cc([N+](=O)[O-])c1. The monoisotopic (exact) mass is 233 g/mol. The van der Waals surface area contributed by atoms with Crippen LogP contribution < -0.4 is 10.6 Å². The molecule has 5 heteroatoms. The van der Waals surface area contributed by atoms with Gasteiger partial charge in [-0.3, -0.25) is 10.1 Å². The van der Waals surface area contributed by atoms with Crippen molar-refractivity contribution < 1.29 is 4.92 Å². The van der Waals surface area contributed by atoms with Crippen molar-refractivity contribution in [1.82, 2.24) is 5.32 Å². The molecule has 1 saturated carbocycles. The van der Waals surface area contributed by atoms with Crippen molar-refractivity contribution in [2.75, 3.05) is 18.4 Å². The summed E-state index contributed by atoms with van der Waals surface area (Å²) in [6.07, 6.45) is 0. The van der Waals surface area contributed by atoms with E-state index >= 15 is 0 Å². The number of piperidine rings is 1. The third kappa shape index (κ3) is 1.86. The molecule has 2 N–H and O–H groups in total. The van der Waals surface area contributed by atoms with Crippen LogP contribution in [0.15, 0.2) is 18.2 Å². The van der Waals surface area contributed by atoms with Gasteiger partial charge in [0.1, 0.15) is 0 Å². The van der Waals surface area contributed by atoms with E-state index in [0.29, 0.717) is 17.9 Å². The molecule has 1 saturated heterocycles. The lowest BCUT2D eigenvalue weighted by Gasteiger charge is -2.09. The van der Waals surface area contributed by atoms with E-state index in [4.69, 9.17) is 0 Å². The molecule has 1 aliphatic heterocycles. The molecule has 2 aliphatic rings. The lowest BCUT2D eigenvalue weighted by Crippen LogP contribution is -2.21. The summed E-state index contributed by atoms with van der Waals surface area (Å²) >= 11 is 0. The fourth-order valence-corrected chi connectivity index (χ4v) is 2.78. The minimum atomic E-state index is -0.340. The van der Waals surface area contributed by atoms with Gasteiger partial charge >= 0.3 is 0 Å². The summed E-state index contributed by atoms with van der Waals surface area (Å²) in [4.78, 5) is 10.4. The Balaban J connectivity index is 1.76. The number of anilines is 1. The quantitative estimate of drug-likeness (QED) is 0.613. The van der Waals surface area contributed by atoms with Crippen LogP contribution in [0.5, 0.6) is 0 Å². The second-order valence-corrected chi connectivity index (χ2v) is 4.97. The fourth-order valence-electron chi connectivity index (χ4n) is 2.78. The third-order valence-corrected chi connectivity index (χ3v) is 3.70. The summed E-state index contributed by atoms with van der Waals surface area (Å²) in [5.74, 6) is 1.41. The maximum absolute atomic E-state index is 10.8. The number of nitrogens with zero attached hydrogens (tertiary/aromatic N) is 1. The summed E-state index contributed by atoms with van der Waals surface area (Å²) < 4.78 is 0. The largest absolute Gasteiger partial charge is 0.381 e. The van der Waals surface area contributed by atoms with Gasteiger partial charge in [0.15, 0.2) is 0 Å². The zero-order valence-electron chi connectivity index (χ0n) is 9.64. The Hall–Kier alpha value is -1.62. The zero-order chi connectivity index (χ0) is 12.0. The van der Waals surface area contributed by atoms with E-state index in [9.17, 15) is 10.1 Å². The van der Waals surface area contributed by atoms with E-state index in [2.05, 4.69) is 10.6 Å². The Bertz CT molecular complexity index is 465. The van der Waals surface area contributed by atoms with Crippen LogP contribution in [0.25, 0.3) is 0 Å². The smallest absolute Gasteiger partial charge is 0.271 e. The molecule has 17 heavy (non-hydrogen) atoms. The van der Waals surface area contributed by atoms with Crippen LogP contribution in [0.1, 0.15) is 5.56 Å². The molecule has 2 fully saturated rings. The average molecular weight is 233 g/mol. The highest BCUT2D eigenvalue weighted by Gasteiger charge is 2.52. The summed E-state index contributed by atoms with van der Waals surface area (Å²) in [5.41, 5.74) is 1.96. The minimum absolute atomic E-state index is 0.163. The molecule has 1 heterocycles. The Kier molecular flexibility index (Phi) is 2.29. The Labute approximate surface area is 99.4 Å². The molecule has 0 bridgehead atoms. The molecular weight excluding hydrogens is 218 g/mol. The molecular formula is C12H15N3O2. The Morgan fingerprint density at radius 1 is 1.35 bits per heavy atom. The predicted molar refractivity (Wildman–Crippen MR) is 65.1 cm³/mol. The predicted octanol–water partition coefficient (Wildman–Crippen LogP) is 1.53. The molecule has 0 radical (unpaired) electrons. The molecule has 1 aromatic rings. The number of hydrogen-bond acceptors (Lipinski definition) is 4. The first-order valence-corrected chi connectivity index (χ1v) is 5.88. The van der Waals surface area contributed by atoms with E-state index in [1.807, 2.05) is 13.0 Å². The maximum Gasteiger partial charge on any atom is 0.271 e. The molecule has 1 aromatic carbocycles. The van der Waals surface area contributed by atoms with Crippen molar-refractivity contribution in [2.45, 2.75) is 13.0 Å². The fraction of sp³-hybridized carbons (Fsp3) is 0.500. The van der Waals surface area contributed by atoms with E-state index in [1.165, 1.54) is 0 Å². The van der Waals surface area contributed by atoms with Crippen LogP contribution in [0.3, 0.4) is 0 Å². The molecule has 0 spiro atoms. The molecule has 1 aliphatic carbocycles. The van der Waals surface area contributed by atoms with Gasteiger partial charge in [-0.25, -0.2) is 0 Å². The van der Waals surface area contributed by atoms with Crippen LogP contribution in [0.4, 0.5) is 11.4 Å². The normalized spacial score (nSPS) is 29.8. The highest BCUT2D eigenvalue weighted by molar-refractivity contribution is 5.55. The molecule has 2 atom stereocenters. The molecule has 90 valence electrons. The summed E-state index contributed by atoms with van der Waals surface area (Å²) in [5, 5.41) is 17.5. The second kappa shape index (κ2) is 3.70. The third-order valence-electron chi connectivity index (χ3n) is 3.70. The lowest BCUT2D eigenvalue weighted by molar-refractivity contribution is -0.384. The van der Waals surface area contributed by atoms with Gasteiger partial charge in [-0.1, -0.05) is 0 Å². The van der Waals surface area contributed by atoms with Crippen LogP contribution in [0.2, 0.25) is 0 Å².